The van der Waals surface area contributed by atoms with E-state index in [9.17, 15) is 0 Å². The SMILES string of the molecule is C=CC[C@@H]1[NH2+]C2(CCCCC2)Cc2cc(OC)c(OC)cc21. The standard InChI is InChI=1S/C19H27NO2/c1-4-8-16-15-12-18(22-3)17(21-2)11-14(15)13-19(20-16)9-6-5-7-10-19/h4,11-12,16,20H,1,5-10,13H2,2-3H3/p+1/t16-/m0/s1. The van der Waals surface area contributed by atoms with Crippen molar-refractivity contribution in [3.8, 4) is 11.5 Å². The van der Waals surface area contributed by atoms with Crippen LogP contribution in [-0.2, 0) is 6.42 Å². The molecule has 0 radical (unpaired) electrons. The lowest BCUT2D eigenvalue weighted by molar-refractivity contribution is -0.769. The van der Waals surface area contributed by atoms with Crippen LogP contribution in [0, 0.1) is 0 Å². The van der Waals surface area contributed by atoms with Crippen LogP contribution in [0.1, 0.15) is 55.7 Å². The van der Waals surface area contributed by atoms with Crippen LogP contribution in [0.25, 0.3) is 0 Å². The average Bonchev–Trinajstić information content (AvgIpc) is 2.54. The predicted octanol–water partition coefficient (Wildman–Crippen LogP) is 3.14. The lowest BCUT2D eigenvalue weighted by atomic mass is 9.72. The van der Waals surface area contributed by atoms with Crippen molar-refractivity contribution in [2.45, 2.75) is 56.5 Å². The Bertz CT molecular complexity index is 547. The van der Waals surface area contributed by atoms with E-state index in [1.54, 1.807) is 14.2 Å². The monoisotopic (exact) mass is 302 g/mol. The molecule has 1 aromatic rings. The van der Waals surface area contributed by atoms with E-state index >= 15 is 0 Å². The van der Waals surface area contributed by atoms with Gasteiger partial charge in [0.1, 0.15) is 11.6 Å². The highest BCUT2D eigenvalue weighted by atomic mass is 16.5. The van der Waals surface area contributed by atoms with Gasteiger partial charge in [-0.3, -0.25) is 0 Å². The molecule has 1 spiro atoms. The number of hydrogen-bond donors (Lipinski definition) is 1. The third-order valence-electron chi connectivity index (χ3n) is 5.41. The molecule has 1 heterocycles. The van der Waals surface area contributed by atoms with Crippen LogP contribution in [0.3, 0.4) is 0 Å². The summed E-state index contributed by atoms with van der Waals surface area (Å²) in [5.41, 5.74) is 3.22. The molecule has 2 aliphatic rings. The van der Waals surface area contributed by atoms with Gasteiger partial charge in [-0.2, -0.15) is 0 Å². The summed E-state index contributed by atoms with van der Waals surface area (Å²) in [7, 11) is 3.43. The van der Waals surface area contributed by atoms with Gasteiger partial charge in [-0.1, -0.05) is 12.5 Å². The van der Waals surface area contributed by atoms with Gasteiger partial charge in [0.25, 0.3) is 0 Å². The fourth-order valence-electron chi connectivity index (χ4n) is 4.36. The molecule has 3 rings (SSSR count). The number of nitrogens with two attached hydrogens (primary N) is 1. The van der Waals surface area contributed by atoms with Crippen molar-refractivity contribution in [3.05, 3.63) is 35.9 Å². The van der Waals surface area contributed by atoms with Gasteiger partial charge in [0, 0.05) is 31.2 Å². The molecule has 1 aliphatic heterocycles. The molecule has 0 bridgehead atoms. The first-order valence-corrected chi connectivity index (χ1v) is 8.43. The third-order valence-corrected chi connectivity index (χ3v) is 5.41. The van der Waals surface area contributed by atoms with Crippen molar-refractivity contribution >= 4 is 0 Å². The molecule has 0 saturated heterocycles. The normalized spacial score (nSPS) is 22.9. The highest BCUT2D eigenvalue weighted by Gasteiger charge is 2.43. The number of benzene rings is 1. The zero-order valence-corrected chi connectivity index (χ0v) is 13.9. The molecule has 0 aromatic heterocycles. The van der Waals surface area contributed by atoms with E-state index < -0.39 is 0 Å². The summed E-state index contributed by atoms with van der Waals surface area (Å²) in [6.07, 6.45) is 11.0. The molecule has 22 heavy (non-hydrogen) atoms. The molecule has 3 heteroatoms. The molecule has 1 fully saturated rings. The van der Waals surface area contributed by atoms with Gasteiger partial charge in [-0.15, -0.1) is 6.58 Å². The second kappa shape index (κ2) is 6.33. The fourth-order valence-corrected chi connectivity index (χ4v) is 4.36. The Balaban J connectivity index is 2.02. The van der Waals surface area contributed by atoms with Crippen LogP contribution >= 0.6 is 0 Å². The van der Waals surface area contributed by atoms with Gasteiger partial charge < -0.3 is 14.8 Å². The molecule has 0 unspecified atom stereocenters. The fraction of sp³-hybridized carbons (Fsp3) is 0.579. The Morgan fingerprint density at radius 1 is 1.18 bits per heavy atom. The summed E-state index contributed by atoms with van der Waals surface area (Å²) in [5.74, 6) is 1.69. The molecule has 1 aliphatic carbocycles. The van der Waals surface area contributed by atoms with E-state index in [4.69, 9.17) is 9.47 Å². The van der Waals surface area contributed by atoms with Crippen molar-refractivity contribution in [1.29, 1.82) is 0 Å². The Morgan fingerprint density at radius 2 is 1.86 bits per heavy atom. The molecule has 2 N–H and O–H groups in total. The Kier molecular flexibility index (Phi) is 4.44. The van der Waals surface area contributed by atoms with Crippen molar-refractivity contribution in [3.63, 3.8) is 0 Å². The maximum absolute atomic E-state index is 5.52. The number of methoxy groups -OCH3 is 2. The smallest absolute Gasteiger partial charge is 0.161 e. The minimum atomic E-state index is 0.387. The number of hydrogen-bond acceptors (Lipinski definition) is 2. The van der Waals surface area contributed by atoms with E-state index in [1.165, 1.54) is 43.2 Å². The Labute approximate surface area is 133 Å². The molecular weight excluding hydrogens is 274 g/mol. The van der Waals surface area contributed by atoms with E-state index in [0.29, 0.717) is 11.6 Å². The van der Waals surface area contributed by atoms with E-state index in [0.717, 1.165) is 24.3 Å². The minimum Gasteiger partial charge on any atom is -0.493 e. The maximum Gasteiger partial charge on any atom is 0.161 e. The van der Waals surface area contributed by atoms with Crippen LogP contribution in [0.15, 0.2) is 24.8 Å². The molecule has 1 saturated carbocycles. The van der Waals surface area contributed by atoms with Crippen LogP contribution in [-0.4, -0.2) is 19.8 Å². The second-order valence-corrected chi connectivity index (χ2v) is 6.80. The van der Waals surface area contributed by atoms with Crippen molar-refractivity contribution in [2.75, 3.05) is 14.2 Å². The topological polar surface area (TPSA) is 35.1 Å². The highest BCUT2D eigenvalue weighted by molar-refractivity contribution is 5.49. The summed E-state index contributed by atoms with van der Waals surface area (Å²) in [4.78, 5) is 0. The summed E-state index contributed by atoms with van der Waals surface area (Å²) in [6.45, 7) is 3.96. The first-order valence-electron chi connectivity index (χ1n) is 8.43. The Morgan fingerprint density at radius 3 is 2.50 bits per heavy atom. The molecule has 3 nitrogen and oxygen atoms in total. The third kappa shape index (κ3) is 2.74. The van der Waals surface area contributed by atoms with Gasteiger partial charge in [0.2, 0.25) is 0 Å². The zero-order chi connectivity index (χ0) is 15.6. The zero-order valence-electron chi connectivity index (χ0n) is 13.9. The summed E-state index contributed by atoms with van der Waals surface area (Å²) in [5, 5.41) is 2.63. The molecule has 1 aromatic carbocycles. The van der Waals surface area contributed by atoms with Gasteiger partial charge in [-0.05, 0) is 30.5 Å². The number of fused-ring (bicyclic) bond motifs is 1. The lowest BCUT2D eigenvalue weighted by Crippen LogP contribution is -2.99. The van der Waals surface area contributed by atoms with E-state index in [2.05, 4.69) is 24.0 Å². The van der Waals surface area contributed by atoms with Crippen molar-refractivity contribution < 1.29 is 14.8 Å². The van der Waals surface area contributed by atoms with Crippen LogP contribution in [0.2, 0.25) is 0 Å². The van der Waals surface area contributed by atoms with E-state index in [1.807, 2.05) is 6.08 Å². The van der Waals surface area contributed by atoms with Gasteiger partial charge >= 0.3 is 0 Å². The number of quaternary nitrogens is 1. The largest absolute Gasteiger partial charge is 0.493 e. The first kappa shape index (κ1) is 15.4. The van der Waals surface area contributed by atoms with Crippen LogP contribution in [0.4, 0.5) is 0 Å². The molecule has 120 valence electrons. The maximum atomic E-state index is 5.52. The van der Waals surface area contributed by atoms with Gasteiger partial charge in [-0.25, -0.2) is 0 Å². The van der Waals surface area contributed by atoms with Crippen LogP contribution < -0.4 is 14.8 Å². The minimum absolute atomic E-state index is 0.387. The second-order valence-electron chi connectivity index (χ2n) is 6.80. The van der Waals surface area contributed by atoms with Crippen molar-refractivity contribution in [1.82, 2.24) is 0 Å². The van der Waals surface area contributed by atoms with Crippen molar-refractivity contribution in [2.24, 2.45) is 0 Å². The average molecular weight is 302 g/mol. The summed E-state index contributed by atoms with van der Waals surface area (Å²) >= 11 is 0. The lowest BCUT2D eigenvalue weighted by Gasteiger charge is -2.42. The summed E-state index contributed by atoms with van der Waals surface area (Å²) < 4.78 is 11.0. The summed E-state index contributed by atoms with van der Waals surface area (Å²) in [6, 6.07) is 4.83. The highest BCUT2D eigenvalue weighted by Crippen LogP contribution is 2.40. The molecule has 0 amide bonds. The quantitative estimate of drug-likeness (QED) is 0.867. The van der Waals surface area contributed by atoms with Crippen LogP contribution in [0.5, 0.6) is 11.5 Å². The number of rotatable bonds is 4. The predicted molar refractivity (Wildman–Crippen MR) is 88.5 cm³/mol. The van der Waals surface area contributed by atoms with E-state index in [-0.39, 0.29) is 0 Å². The van der Waals surface area contributed by atoms with Gasteiger partial charge in [0.15, 0.2) is 11.5 Å². The van der Waals surface area contributed by atoms with Gasteiger partial charge in [0.05, 0.1) is 14.2 Å². The molecular formula is C19H28NO2+. The number of ether oxygens (including phenoxy) is 2. The first-order chi connectivity index (χ1) is 10.7. The molecule has 1 atom stereocenters. The Hall–Kier alpha value is -1.48.